The number of hydrogen-bond acceptors (Lipinski definition) is 5. The summed E-state index contributed by atoms with van der Waals surface area (Å²) in [6, 6.07) is 7.02. The van der Waals surface area contributed by atoms with Crippen LogP contribution in [0.25, 0.3) is 0 Å². The van der Waals surface area contributed by atoms with Crippen LogP contribution < -0.4 is 10.2 Å². The van der Waals surface area contributed by atoms with Crippen molar-refractivity contribution in [2.24, 2.45) is 0 Å². The number of hydrogen-bond donors (Lipinski definition) is 1. The van der Waals surface area contributed by atoms with Gasteiger partial charge in [0.1, 0.15) is 11.0 Å². The molecule has 0 saturated carbocycles. The van der Waals surface area contributed by atoms with Crippen molar-refractivity contribution in [3.63, 3.8) is 0 Å². The Morgan fingerprint density at radius 2 is 2.09 bits per heavy atom. The summed E-state index contributed by atoms with van der Waals surface area (Å²) in [5.41, 5.74) is 1.46. The van der Waals surface area contributed by atoms with Gasteiger partial charge >= 0.3 is 0 Å². The Balaban J connectivity index is 1.69. The number of rotatable bonds is 4. The Bertz CT molecular complexity index is 689. The Kier molecular flexibility index (Phi) is 5.05. The lowest BCUT2D eigenvalue weighted by Crippen LogP contribution is -2.37. The number of morpholine rings is 1. The molecule has 3 heterocycles. The average molecular weight is 333 g/mol. The van der Waals surface area contributed by atoms with E-state index in [1.54, 1.807) is 18.3 Å². The normalized spacial score (nSPS) is 14.6. The SMILES string of the molecule is O=C(NCc1cccnc1N1CCOCC1)c1ccnc(Cl)c1. The molecule has 1 N–H and O–H groups in total. The minimum Gasteiger partial charge on any atom is -0.378 e. The first kappa shape index (κ1) is 15.7. The van der Waals surface area contributed by atoms with Gasteiger partial charge in [-0.25, -0.2) is 9.97 Å². The molecule has 1 saturated heterocycles. The van der Waals surface area contributed by atoms with Crippen LogP contribution in [-0.2, 0) is 11.3 Å². The van der Waals surface area contributed by atoms with Crippen LogP contribution in [0.2, 0.25) is 5.15 Å². The maximum atomic E-state index is 12.2. The smallest absolute Gasteiger partial charge is 0.251 e. The molecule has 1 aliphatic rings. The number of nitrogens with one attached hydrogen (secondary N) is 1. The maximum Gasteiger partial charge on any atom is 0.251 e. The molecular weight excluding hydrogens is 316 g/mol. The third kappa shape index (κ3) is 3.97. The number of amides is 1. The van der Waals surface area contributed by atoms with Crippen molar-refractivity contribution in [2.45, 2.75) is 6.54 Å². The summed E-state index contributed by atoms with van der Waals surface area (Å²) in [4.78, 5) is 22.7. The second kappa shape index (κ2) is 7.39. The number of nitrogens with zero attached hydrogens (tertiary/aromatic N) is 3. The highest BCUT2D eigenvalue weighted by Crippen LogP contribution is 2.18. The molecular formula is C16H17ClN4O2. The zero-order chi connectivity index (χ0) is 16.1. The van der Waals surface area contributed by atoms with E-state index >= 15 is 0 Å². The molecule has 1 amide bonds. The Hall–Kier alpha value is -2.18. The number of carbonyl (C=O) groups is 1. The van der Waals surface area contributed by atoms with E-state index in [-0.39, 0.29) is 5.91 Å². The van der Waals surface area contributed by atoms with Gasteiger partial charge in [-0.2, -0.15) is 0 Å². The van der Waals surface area contributed by atoms with Gasteiger partial charge in [-0.3, -0.25) is 4.79 Å². The van der Waals surface area contributed by atoms with Gasteiger partial charge in [0.15, 0.2) is 0 Å². The van der Waals surface area contributed by atoms with Gasteiger partial charge < -0.3 is 15.0 Å². The first-order valence-electron chi connectivity index (χ1n) is 7.40. The number of pyridine rings is 2. The van der Waals surface area contributed by atoms with E-state index in [1.807, 2.05) is 12.1 Å². The van der Waals surface area contributed by atoms with E-state index in [0.29, 0.717) is 30.5 Å². The molecule has 1 fully saturated rings. The first-order chi connectivity index (χ1) is 11.2. The summed E-state index contributed by atoms with van der Waals surface area (Å²) >= 11 is 5.81. The summed E-state index contributed by atoms with van der Waals surface area (Å²) in [5, 5.41) is 3.20. The minimum atomic E-state index is -0.189. The van der Waals surface area contributed by atoms with Crippen molar-refractivity contribution in [3.8, 4) is 0 Å². The standard InChI is InChI=1S/C16H17ClN4O2/c17-14-10-12(3-5-18-14)16(22)20-11-13-2-1-4-19-15(13)21-6-8-23-9-7-21/h1-5,10H,6-9,11H2,(H,20,22). The molecule has 0 aromatic carbocycles. The lowest BCUT2D eigenvalue weighted by atomic mass is 10.2. The number of halogens is 1. The van der Waals surface area contributed by atoms with E-state index < -0.39 is 0 Å². The highest BCUT2D eigenvalue weighted by molar-refractivity contribution is 6.29. The number of anilines is 1. The fourth-order valence-electron chi connectivity index (χ4n) is 2.45. The molecule has 0 spiro atoms. The van der Waals surface area contributed by atoms with Crippen LogP contribution in [0.5, 0.6) is 0 Å². The molecule has 1 aliphatic heterocycles. The lowest BCUT2D eigenvalue weighted by molar-refractivity contribution is 0.0950. The van der Waals surface area contributed by atoms with Crippen molar-refractivity contribution in [2.75, 3.05) is 31.2 Å². The second-order valence-corrected chi connectivity index (χ2v) is 5.52. The molecule has 0 radical (unpaired) electrons. The van der Waals surface area contributed by atoms with Gasteiger partial charge in [0.25, 0.3) is 5.91 Å². The van der Waals surface area contributed by atoms with Gasteiger partial charge in [0.2, 0.25) is 0 Å². The zero-order valence-electron chi connectivity index (χ0n) is 12.5. The number of carbonyl (C=O) groups excluding carboxylic acids is 1. The third-order valence-electron chi connectivity index (χ3n) is 3.61. The van der Waals surface area contributed by atoms with E-state index in [2.05, 4.69) is 20.2 Å². The number of ether oxygens (including phenoxy) is 1. The second-order valence-electron chi connectivity index (χ2n) is 5.14. The fraction of sp³-hybridized carbons (Fsp3) is 0.312. The molecule has 23 heavy (non-hydrogen) atoms. The highest BCUT2D eigenvalue weighted by Gasteiger charge is 2.16. The van der Waals surface area contributed by atoms with Crippen LogP contribution in [0, 0.1) is 0 Å². The molecule has 0 aliphatic carbocycles. The monoisotopic (exact) mass is 332 g/mol. The van der Waals surface area contributed by atoms with Crippen molar-refractivity contribution in [1.29, 1.82) is 0 Å². The van der Waals surface area contributed by atoms with Gasteiger partial charge in [0.05, 0.1) is 13.2 Å². The van der Waals surface area contributed by atoms with Crippen LogP contribution in [-0.4, -0.2) is 42.2 Å². The van der Waals surface area contributed by atoms with E-state index in [9.17, 15) is 4.79 Å². The van der Waals surface area contributed by atoms with Crippen molar-refractivity contribution in [3.05, 3.63) is 52.9 Å². The molecule has 0 bridgehead atoms. The van der Waals surface area contributed by atoms with Crippen LogP contribution in [0.15, 0.2) is 36.7 Å². The predicted molar refractivity (Wildman–Crippen MR) is 87.7 cm³/mol. The fourth-order valence-corrected chi connectivity index (χ4v) is 2.62. The summed E-state index contributed by atoms with van der Waals surface area (Å²) in [6.45, 7) is 3.39. The van der Waals surface area contributed by atoms with Gasteiger partial charge in [-0.15, -0.1) is 0 Å². The van der Waals surface area contributed by atoms with Crippen LogP contribution in [0.1, 0.15) is 15.9 Å². The van der Waals surface area contributed by atoms with Gasteiger partial charge in [-0.05, 0) is 18.2 Å². The topological polar surface area (TPSA) is 67.4 Å². The number of aromatic nitrogens is 2. The minimum absolute atomic E-state index is 0.189. The predicted octanol–water partition coefficient (Wildman–Crippen LogP) is 1.90. The maximum absolute atomic E-state index is 12.2. The van der Waals surface area contributed by atoms with E-state index in [4.69, 9.17) is 16.3 Å². The van der Waals surface area contributed by atoms with Gasteiger partial charge in [-0.1, -0.05) is 17.7 Å². The lowest BCUT2D eigenvalue weighted by Gasteiger charge is -2.29. The quantitative estimate of drug-likeness (QED) is 0.866. The van der Waals surface area contributed by atoms with E-state index in [1.165, 1.54) is 6.20 Å². The molecule has 0 unspecified atom stereocenters. The van der Waals surface area contributed by atoms with E-state index in [0.717, 1.165) is 24.5 Å². The first-order valence-corrected chi connectivity index (χ1v) is 7.78. The Morgan fingerprint density at radius 3 is 2.87 bits per heavy atom. The zero-order valence-corrected chi connectivity index (χ0v) is 13.3. The van der Waals surface area contributed by atoms with Crippen molar-refractivity contribution < 1.29 is 9.53 Å². The molecule has 3 rings (SSSR count). The molecule has 6 nitrogen and oxygen atoms in total. The average Bonchev–Trinajstić information content (AvgIpc) is 2.60. The van der Waals surface area contributed by atoms with Gasteiger partial charge in [0, 0.05) is 43.2 Å². The van der Waals surface area contributed by atoms with Crippen LogP contribution in [0.4, 0.5) is 5.82 Å². The Labute approximate surface area is 139 Å². The van der Waals surface area contributed by atoms with Crippen molar-refractivity contribution >= 4 is 23.3 Å². The highest BCUT2D eigenvalue weighted by atomic mass is 35.5. The largest absolute Gasteiger partial charge is 0.378 e. The molecule has 2 aromatic heterocycles. The summed E-state index contributed by atoms with van der Waals surface area (Å²) in [7, 11) is 0. The summed E-state index contributed by atoms with van der Waals surface area (Å²) in [5.74, 6) is 0.704. The van der Waals surface area contributed by atoms with Crippen LogP contribution >= 0.6 is 11.6 Å². The van der Waals surface area contributed by atoms with Crippen LogP contribution in [0.3, 0.4) is 0 Å². The van der Waals surface area contributed by atoms with Crippen molar-refractivity contribution in [1.82, 2.24) is 15.3 Å². The molecule has 0 atom stereocenters. The molecule has 2 aromatic rings. The third-order valence-corrected chi connectivity index (χ3v) is 3.81. The Morgan fingerprint density at radius 1 is 1.26 bits per heavy atom. The molecule has 7 heteroatoms. The molecule has 120 valence electrons. The summed E-state index contributed by atoms with van der Waals surface area (Å²) in [6.07, 6.45) is 3.28. The summed E-state index contributed by atoms with van der Waals surface area (Å²) < 4.78 is 5.37.